The van der Waals surface area contributed by atoms with Gasteiger partial charge in [-0.2, -0.15) is 0 Å². The zero-order chi connectivity index (χ0) is 18.8. The number of carbonyl (C=O) groups is 1. The third-order valence-electron chi connectivity index (χ3n) is 4.43. The summed E-state index contributed by atoms with van der Waals surface area (Å²) in [5.74, 6) is 0.581. The van der Waals surface area contributed by atoms with Crippen LogP contribution in [0.25, 0.3) is 0 Å². The van der Waals surface area contributed by atoms with Gasteiger partial charge in [-0.3, -0.25) is 9.79 Å². The van der Waals surface area contributed by atoms with Crippen LogP contribution in [0.1, 0.15) is 18.4 Å². The van der Waals surface area contributed by atoms with Crippen molar-refractivity contribution in [2.45, 2.75) is 25.8 Å². The summed E-state index contributed by atoms with van der Waals surface area (Å²) in [7, 11) is 3.33. The number of hydrogen-bond acceptors (Lipinski definition) is 4. The molecule has 0 spiro atoms. The topological polar surface area (TPSA) is 78.0 Å². The molecule has 1 aromatic rings. The van der Waals surface area contributed by atoms with Crippen molar-refractivity contribution in [3.05, 3.63) is 29.8 Å². The molecular formula is C19H31N5O2. The molecule has 1 fully saturated rings. The highest BCUT2D eigenvalue weighted by atomic mass is 16.5. The van der Waals surface area contributed by atoms with E-state index < -0.39 is 0 Å². The maximum atomic E-state index is 11.8. The lowest BCUT2D eigenvalue weighted by Crippen LogP contribution is -2.52. The molecule has 1 aliphatic heterocycles. The van der Waals surface area contributed by atoms with Crippen LogP contribution in [0.2, 0.25) is 0 Å². The summed E-state index contributed by atoms with van der Waals surface area (Å²) >= 11 is 0. The number of nitrogens with zero attached hydrogens (tertiary/aromatic N) is 2. The van der Waals surface area contributed by atoms with Gasteiger partial charge in [0.15, 0.2) is 5.96 Å². The molecule has 1 unspecified atom stereocenters. The normalized spacial score (nSPS) is 17.7. The third-order valence-corrected chi connectivity index (χ3v) is 4.43. The number of piperidine rings is 1. The molecule has 0 bridgehead atoms. The maximum Gasteiger partial charge on any atom is 0.239 e. The van der Waals surface area contributed by atoms with Crippen molar-refractivity contribution < 1.29 is 9.53 Å². The lowest BCUT2D eigenvalue weighted by molar-refractivity contribution is -0.120. The fourth-order valence-corrected chi connectivity index (χ4v) is 2.99. The zero-order valence-corrected chi connectivity index (χ0v) is 16.0. The second kappa shape index (κ2) is 10.7. The number of ether oxygens (including phenoxy) is 1. The zero-order valence-electron chi connectivity index (χ0n) is 16.0. The van der Waals surface area contributed by atoms with Gasteiger partial charge < -0.3 is 25.6 Å². The molecule has 0 radical (unpaired) electrons. The number of amides is 1. The average Bonchev–Trinajstić information content (AvgIpc) is 2.66. The van der Waals surface area contributed by atoms with Crippen molar-refractivity contribution in [3.8, 4) is 0 Å². The van der Waals surface area contributed by atoms with Crippen LogP contribution in [0.3, 0.4) is 0 Å². The van der Waals surface area contributed by atoms with Gasteiger partial charge >= 0.3 is 0 Å². The quantitative estimate of drug-likeness (QED) is 0.382. The molecule has 7 heteroatoms. The SMILES string of the molecule is CN=C(NCC(=O)NCCOC)NC1CCCN(c2ccc(C)cc2)C1. The van der Waals surface area contributed by atoms with E-state index in [9.17, 15) is 4.79 Å². The van der Waals surface area contributed by atoms with Crippen LogP contribution in [0.4, 0.5) is 5.69 Å². The van der Waals surface area contributed by atoms with Gasteiger partial charge in [-0.15, -0.1) is 0 Å². The number of methoxy groups -OCH3 is 1. The van der Waals surface area contributed by atoms with Crippen molar-refractivity contribution in [2.75, 3.05) is 51.8 Å². The first kappa shape index (κ1) is 20.0. The number of anilines is 1. The van der Waals surface area contributed by atoms with Gasteiger partial charge in [0.2, 0.25) is 5.91 Å². The molecule has 1 amide bonds. The highest BCUT2D eigenvalue weighted by Gasteiger charge is 2.21. The van der Waals surface area contributed by atoms with Crippen LogP contribution < -0.4 is 20.9 Å². The summed E-state index contributed by atoms with van der Waals surface area (Å²) in [5, 5.41) is 9.29. The third kappa shape index (κ3) is 6.55. The number of guanidine groups is 1. The molecule has 26 heavy (non-hydrogen) atoms. The molecule has 1 aliphatic rings. The maximum absolute atomic E-state index is 11.8. The summed E-state index contributed by atoms with van der Waals surface area (Å²) in [4.78, 5) is 18.4. The Kier molecular flexibility index (Phi) is 8.21. The number of hydrogen-bond donors (Lipinski definition) is 3. The number of aryl methyl sites for hydroxylation is 1. The number of nitrogens with one attached hydrogen (secondary N) is 3. The van der Waals surface area contributed by atoms with E-state index in [0.717, 1.165) is 25.9 Å². The monoisotopic (exact) mass is 361 g/mol. The first-order valence-corrected chi connectivity index (χ1v) is 9.17. The van der Waals surface area contributed by atoms with Crippen LogP contribution in [-0.4, -0.2) is 64.9 Å². The number of carbonyl (C=O) groups excluding carboxylic acids is 1. The van der Waals surface area contributed by atoms with Gasteiger partial charge in [-0.25, -0.2) is 0 Å². The first-order chi connectivity index (χ1) is 12.6. The molecule has 144 valence electrons. The average molecular weight is 361 g/mol. The number of rotatable bonds is 7. The number of benzene rings is 1. The Morgan fingerprint density at radius 2 is 2.08 bits per heavy atom. The minimum absolute atomic E-state index is 0.0741. The Labute approximate surface area is 156 Å². The molecule has 0 saturated carbocycles. The van der Waals surface area contributed by atoms with Crippen LogP contribution in [0.5, 0.6) is 0 Å². The van der Waals surface area contributed by atoms with E-state index in [1.807, 2.05) is 0 Å². The van der Waals surface area contributed by atoms with E-state index in [0.29, 0.717) is 25.2 Å². The van der Waals surface area contributed by atoms with Crippen molar-refractivity contribution in [3.63, 3.8) is 0 Å². The van der Waals surface area contributed by atoms with Gasteiger partial charge in [-0.1, -0.05) is 17.7 Å². The summed E-state index contributed by atoms with van der Waals surface area (Å²) < 4.78 is 4.92. The molecule has 7 nitrogen and oxygen atoms in total. The van der Waals surface area contributed by atoms with E-state index in [1.54, 1.807) is 14.2 Å². The Balaban J connectivity index is 1.80. The minimum atomic E-state index is -0.0741. The molecule has 2 rings (SSSR count). The number of aliphatic imine (C=N–C) groups is 1. The first-order valence-electron chi connectivity index (χ1n) is 9.17. The molecule has 0 aliphatic carbocycles. The molecule has 1 heterocycles. The van der Waals surface area contributed by atoms with Crippen LogP contribution in [-0.2, 0) is 9.53 Å². The smallest absolute Gasteiger partial charge is 0.239 e. The van der Waals surface area contributed by atoms with Crippen LogP contribution in [0, 0.1) is 6.92 Å². The summed E-state index contributed by atoms with van der Waals surface area (Å²) in [6.45, 7) is 5.30. The van der Waals surface area contributed by atoms with Crippen molar-refractivity contribution in [1.82, 2.24) is 16.0 Å². The van der Waals surface area contributed by atoms with Crippen LogP contribution >= 0.6 is 0 Å². The van der Waals surface area contributed by atoms with Crippen molar-refractivity contribution in [2.24, 2.45) is 4.99 Å². The van der Waals surface area contributed by atoms with Crippen LogP contribution in [0.15, 0.2) is 29.3 Å². The van der Waals surface area contributed by atoms with E-state index in [4.69, 9.17) is 4.74 Å². The Morgan fingerprint density at radius 1 is 1.31 bits per heavy atom. The van der Waals surface area contributed by atoms with E-state index >= 15 is 0 Å². The highest BCUT2D eigenvalue weighted by molar-refractivity contribution is 5.86. The largest absolute Gasteiger partial charge is 0.383 e. The molecule has 0 aromatic heterocycles. The Morgan fingerprint density at radius 3 is 2.77 bits per heavy atom. The standard InChI is InChI=1S/C19H31N5O2/c1-15-6-8-17(9-7-15)24-11-4-5-16(14-24)23-19(20-2)22-13-18(25)21-10-12-26-3/h6-9,16H,4-5,10-14H2,1-3H3,(H,21,25)(H2,20,22,23). The minimum Gasteiger partial charge on any atom is -0.383 e. The lowest BCUT2D eigenvalue weighted by atomic mass is 10.0. The predicted octanol–water partition coefficient (Wildman–Crippen LogP) is 0.891. The fraction of sp³-hybridized carbons (Fsp3) is 0.579. The summed E-state index contributed by atoms with van der Waals surface area (Å²) in [6, 6.07) is 8.95. The van der Waals surface area contributed by atoms with Crippen molar-refractivity contribution in [1.29, 1.82) is 0 Å². The summed E-state index contributed by atoms with van der Waals surface area (Å²) in [5.41, 5.74) is 2.52. The molecule has 1 aromatic carbocycles. The molecule has 1 atom stereocenters. The van der Waals surface area contributed by atoms with E-state index in [2.05, 4.69) is 57.0 Å². The van der Waals surface area contributed by atoms with Gasteiger partial charge in [0.05, 0.1) is 13.2 Å². The second-order valence-corrected chi connectivity index (χ2v) is 6.53. The van der Waals surface area contributed by atoms with Crippen molar-refractivity contribution >= 4 is 17.6 Å². The van der Waals surface area contributed by atoms with Gasteiger partial charge in [-0.05, 0) is 31.9 Å². The lowest BCUT2D eigenvalue weighted by Gasteiger charge is -2.35. The van der Waals surface area contributed by atoms with Gasteiger partial charge in [0.25, 0.3) is 0 Å². The molecule has 3 N–H and O–H groups in total. The predicted molar refractivity (Wildman–Crippen MR) is 106 cm³/mol. The molecule has 1 saturated heterocycles. The Hall–Kier alpha value is -2.28. The summed E-state index contributed by atoms with van der Waals surface area (Å²) in [6.07, 6.45) is 2.21. The van der Waals surface area contributed by atoms with E-state index in [-0.39, 0.29) is 12.5 Å². The van der Waals surface area contributed by atoms with E-state index in [1.165, 1.54) is 11.3 Å². The van der Waals surface area contributed by atoms with Gasteiger partial charge in [0.1, 0.15) is 0 Å². The van der Waals surface area contributed by atoms with Gasteiger partial charge in [0, 0.05) is 45.5 Å². The molecular weight excluding hydrogens is 330 g/mol. The Bertz CT molecular complexity index is 588. The highest BCUT2D eigenvalue weighted by Crippen LogP contribution is 2.20. The fourth-order valence-electron chi connectivity index (χ4n) is 2.99. The second-order valence-electron chi connectivity index (χ2n) is 6.53.